The van der Waals surface area contributed by atoms with Crippen LogP contribution >= 0.6 is 0 Å². The lowest BCUT2D eigenvalue weighted by Gasteiger charge is -2.05. The van der Waals surface area contributed by atoms with Gasteiger partial charge in [0, 0.05) is 6.54 Å². The van der Waals surface area contributed by atoms with Gasteiger partial charge >= 0.3 is 5.69 Å². The van der Waals surface area contributed by atoms with E-state index in [0.29, 0.717) is 12.1 Å². The Labute approximate surface area is 81.6 Å². The molecule has 3 N–H and O–H groups in total. The molecule has 1 aromatic rings. The van der Waals surface area contributed by atoms with Gasteiger partial charge < -0.3 is 5.73 Å². The fourth-order valence-corrected chi connectivity index (χ4v) is 1.21. The standard InChI is InChI=1S/C9H15N3O2/c1-3-4-5-12-8(13)6(2)7(10)11-9(12)14/h3-5,10H2,1-2H3,(H,11,14). The lowest BCUT2D eigenvalue weighted by molar-refractivity contribution is 0.581. The van der Waals surface area contributed by atoms with E-state index < -0.39 is 5.69 Å². The van der Waals surface area contributed by atoms with Crippen molar-refractivity contribution in [2.75, 3.05) is 5.73 Å². The van der Waals surface area contributed by atoms with Crippen LogP contribution < -0.4 is 17.0 Å². The van der Waals surface area contributed by atoms with Gasteiger partial charge in [0.15, 0.2) is 0 Å². The molecule has 0 radical (unpaired) electrons. The number of aromatic amines is 1. The quantitative estimate of drug-likeness (QED) is 0.727. The Morgan fingerprint density at radius 2 is 2.07 bits per heavy atom. The van der Waals surface area contributed by atoms with Gasteiger partial charge in [-0.3, -0.25) is 14.3 Å². The smallest absolute Gasteiger partial charge is 0.329 e. The second kappa shape index (κ2) is 4.13. The Hall–Kier alpha value is -1.52. The van der Waals surface area contributed by atoms with Gasteiger partial charge in [-0.2, -0.15) is 0 Å². The number of nitrogen functional groups attached to an aromatic ring is 1. The molecule has 1 rings (SSSR count). The second-order valence-corrected chi connectivity index (χ2v) is 3.28. The van der Waals surface area contributed by atoms with E-state index in [1.165, 1.54) is 4.57 Å². The molecule has 0 aliphatic rings. The number of hydrogen-bond donors (Lipinski definition) is 2. The number of aromatic nitrogens is 2. The average molecular weight is 197 g/mol. The molecule has 0 aliphatic carbocycles. The lowest BCUT2D eigenvalue weighted by Crippen LogP contribution is -2.37. The number of H-pyrrole nitrogens is 1. The van der Waals surface area contributed by atoms with E-state index in [2.05, 4.69) is 4.98 Å². The topological polar surface area (TPSA) is 80.9 Å². The van der Waals surface area contributed by atoms with Crippen LogP contribution in [-0.2, 0) is 6.54 Å². The Morgan fingerprint density at radius 1 is 1.43 bits per heavy atom. The summed E-state index contributed by atoms with van der Waals surface area (Å²) in [6, 6.07) is 0. The third-order valence-corrected chi connectivity index (χ3v) is 2.19. The fourth-order valence-electron chi connectivity index (χ4n) is 1.21. The summed E-state index contributed by atoms with van der Waals surface area (Å²) in [5, 5.41) is 0. The van der Waals surface area contributed by atoms with Gasteiger partial charge in [-0.1, -0.05) is 13.3 Å². The molecule has 5 heteroatoms. The van der Waals surface area contributed by atoms with Crippen molar-refractivity contribution in [2.45, 2.75) is 33.2 Å². The third-order valence-electron chi connectivity index (χ3n) is 2.19. The molecule has 0 fully saturated rings. The first kappa shape index (κ1) is 10.6. The molecule has 0 amide bonds. The van der Waals surface area contributed by atoms with E-state index in [9.17, 15) is 9.59 Å². The lowest BCUT2D eigenvalue weighted by atomic mass is 10.3. The molecule has 0 aromatic carbocycles. The van der Waals surface area contributed by atoms with Crippen LogP contribution in [0, 0.1) is 6.92 Å². The Bertz CT molecular complexity index is 431. The van der Waals surface area contributed by atoms with E-state index in [1.807, 2.05) is 6.92 Å². The van der Waals surface area contributed by atoms with Crippen molar-refractivity contribution in [3.8, 4) is 0 Å². The summed E-state index contributed by atoms with van der Waals surface area (Å²) in [6.07, 6.45) is 1.75. The van der Waals surface area contributed by atoms with Gasteiger partial charge in [0.25, 0.3) is 5.56 Å². The van der Waals surface area contributed by atoms with Crippen LogP contribution in [0.5, 0.6) is 0 Å². The molecule has 78 valence electrons. The Kier molecular flexibility index (Phi) is 3.11. The first-order chi connectivity index (χ1) is 6.57. The molecule has 0 atom stereocenters. The maximum absolute atomic E-state index is 11.6. The zero-order valence-electron chi connectivity index (χ0n) is 8.46. The SMILES string of the molecule is CCCCn1c(=O)[nH]c(N)c(C)c1=O. The summed E-state index contributed by atoms with van der Waals surface area (Å²) in [7, 11) is 0. The zero-order valence-corrected chi connectivity index (χ0v) is 8.46. The number of nitrogens with zero attached hydrogens (tertiary/aromatic N) is 1. The Morgan fingerprint density at radius 3 is 2.64 bits per heavy atom. The van der Waals surface area contributed by atoms with Gasteiger partial charge in [-0.25, -0.2) is 4.79 Å². The number of nitrogens with two attached hydrogens (primary N) is 1. The first-order valence-corrected chi connectivity index (χ1v) is 4.67. The predicted octanol–water partition coefficient (Wildman–Crippen LogP) is 0.227. The highest BCUT2D eigenvalue weighted by Gasteiger charge is 2.06. The normalized spacial score (nSPS) is 10.4. The first-order valence-electron chi connectivity index (χ1n) is 4.67. The summed E-state index contributed by atoms with van der Waals surface area (Å²) in [5.41, 5.74) is 5.14. The molecule has 0 saturated carbocycles. The highest BCUT2D eigenvalue weighted by Crippen LogP contribution is 1.96. The van der Waals surface area contributed by atoms with E-state index in [0.717, 1.165) is 12.8 Å². The molecule has 0 unspecified atom stereocenters. The number of rotatable bonds is 3. The van der Waals surface area contributed by atoms with Crippen LogP contribution in [0.2, 0.25) is 0 Å². The van der Waals surface area contributed by atoms with Gasteiger partial charge in [0.1, 0.15) is 5.82 Å². The average Bonchev–Trinajstić information content (AvgIpc) is 2.14. The molecule has 14 heavy (non-hydrogen) atoms. The summed E-state index contributed by atoms with van der Waals surface area (Å²) in [6.45, 7) is 4.06. The van der Waals surface area contributed by atoms with E-state index in [1.54, 1.807) is 6.92 Å². The van der Waals surface area contributed by atoms with Crippen molar-refractivity contribution in [1.29, 1.82) is 0 Å². The third kappa shape index (κ3) is 1.86. The van der Waals surface area contributed by atoms with Crippen LogP contribution in [0.1, 0.15) is 25.3 Å². The van der Waals surface area contributed by atoms with Crippen LogP contribution in [-0.4, -0.2) is 9.55 Å². The van der Waals surface area contributed by atoms with Crippen LogP contribution in [0.25, 0.3) is 0 Å². The molecule has 1 aromatic heterocycles. The molecular weight excluding hydrogens is 182 g/mol. The number of hydrogen-bond acceptors (Lipinski definition) is 3. The molecule has 5 nitrogen and oxygen atoms in total. The van der Waals surface area contributed by atoms with Gasteiger partial charge in [0.05, 0.1) is 5.56 Å². The van der Waals surface area contributed by atoms with Crippen LogP contribution in [0.3, 0.4) is 0 Å². The van der Waals surface area contributed by atoms with E-state index in [4.69, 9.17) is 5.73 Å². The number of unbranched alkanes of at least 4 members (excludes halogenated alkanes) is 1. The summed E-state index contributed by atoms with van der Waals surface area (Å²) >= 11 is 0. The molecular formula is C9H15N3O2. The molecule has 0 spiro atoms. The minimum Gasteiger partial charge on any atom is -0.385 e. The minimum atomic E-state index is -0.424. The number of nitrogens with one attached hydrogen (secondary N) is 1. The van der Waals surface area contributed by atoms with Crippen molar-refractivity contribution >= 4 is 5.82 Å². The van der Waals surface area contributed by atoms with E-state index >= 15 is 0 Å². The van der Waals surface area contributed by atoms with Gasteiger partial charge in [-0.15, -0.1) is 0 Å². The zero-order chi connectivity index (χ0) is 10.7. The van der Waals surface area contributed by atoms with Crippen molar-refractivity contribution < 1.29 is 0 Å². The van der Waals surface area contributed by atoms with Crippen molar-refractivity contribution in [3.05, 3.63) is 26.4 Å². The van der Waals surface area contributed by atoms with Crippen molar-refractivity contribution in [3.63, 3.8) is 0 Å². The summed E-state index contributed by atoms with van der Waals surface area (Å²) in [5.74, 6) is 0.160. The van der Waals surface area contributed by atoms with Crippen molar-refractivity contribution in [2.24, 2.45) is 0 Å². The summed E-state index contributed by atoms with van der Waals surface area (Å²) < 4.78 is 1.19. The summed E-state index contributed by atoms with van der Waals surface area (Å²) in [4.78, 5) is 25.4. The molecule has 0 bridgehead atoms. The highest BCUT2D eigenvalue weighted by molar-refractivity contribution is 5.35. The van der Waals surface area contributed by atoms with Crippen LogP contribution in [0.15, 0.2) is 9.59 Å². The minimum absolute atomic E-state index is 0.160. The van der Waals surface area contributed by atoms with Gasteiger partial charge in [0.2, 0.25) is 0 Å². The maximum Gasteiger partial charge on any atom is 0.329 e. The maximum atomic E-state index is 11.6. The van der Waals surface area contributed by atoms with Gasteiger partial charge in [-0.05, 0) is 13.3 Å². The number of anilines is 1. The highest BCUT2D eigenvalue weighted by atomic mass is 16.2. The second-order valence-electron chi connectivity index (χ2n) is 3.28. The molecule has 0 saturated heterocycles. The van der Waals surface area contributed by atoms with Crippen LogP contribution in [0.4, 0.5) is 5.82 Å². The largest absolute Gasteiger partial charge is 0.385 e. The monoisotopic (exact) mass is 197 g/mol. The Balaban J connectivity index is 3.23. The molecule has 1 heterocycles. The van der Waals surface area contributed by atoms with E-state index in [-0.39, 0.29) is 11.4 Å². The fraction of sp³-hybridized carbons (Fsp3) is 0.556. The van der Waals surface area contributed by atoms with Crippen molar-refractivity contribution in [1.82, 2.24) is 9.55 Å². The predicted molar refractivity (Wildman–Crippen MR) is 55.4 cm³/mol. The molecule has 0 aliphatic heterocycles.